The minimum Gasteiger partial charge on any atom is -0.462 e. The summed E-state index contributed by atoms with van der Waals surface area (Å²) in [5.41, 5.74) is 0. The summed E-state index contributed by atoms with van der Waals surface area (Å²) >= 11 is 0. The van der Waals surface area contributed by atoms with E-state index in [0.717, 1.165) is 115 Å². The van der Waals surface area contributed by atoms with Gasteiger partial charge in [-0.2, -0.15) is 0 Å². The Hall–Kier alpha value is -1.94. The molecule has 5 atom stereocenters. The van der Waals surface area contributed by atoms with Crippen LogP contribution >= 0.6 is 15.6 Å². The van der Waals surface area contributed by atoms with Crippen LogP contribution in [-0.2, 0) is 65.4 Å². The first-order chi connectivity index (χ1) is 43.1. The zero-order valence-corrected chi connectivity index (χ0v) is 60.6. The molecule has 0 bridgehead atoms. The lowest BCUT2D eigenvalue weighted by Gasteiger charge is -2.21. The van der Waals surface area contributed by atoms with Crippen molar-refractivity contribution >= 4 is 39.5 Å². The zero-order chi connectivity index (χ0) is 66.8. The first kappa shape index (κ1) is 88.1. The number of carbonyl (C=O) groups is 4. The lowest BCUT2D eigenvalue weighted by Crippen LogP contribution is -2.30. The second kappa shape index (κ2) is 60.7. The SMILES string of the molecule is CC(C)CCCCCCCCCCCCCCCCC(=O)O[C@H](COC(=O)CCCCCCCCCC(C)C)COP(=O)(O)OCC(O)COP(=O)(O)OC[C@@H](COC(=O)CCCCCCCCC(C)C)OC(=O)CCCCCCCCCCCCCC(C)C. The molecular weight excluding hydrogens is 1190 g/mol. The number of rotatable bonds is 68. The van der Waals surface area contributed by atoms with Crippen LogP contribution in [0.1, 0.15) is 351 Å². The third-order valence-corrected chi connectivity index (χ3v) is 18.2. The minimum atomic E-state index is -4.95. The maximum absolute atomic E-state index is 13.0. The second-order valence-corrected chi connectivity index (χ2v) is 30.4. The van der Waals surface area contributed by atoms with Crippen LogP contribution in [-0.4, -0.2) is 96.7 Å². The lowest BCUT2D eigenvalue weighted by atomic mass is 10.0. The predicted octanol–water partition coefficient (Wildman–Crippen LogP) is 20.1. The molecule has 0 spiro atoms. The van der Waals surface area contributed by atoms with E-state index in [4.69, 9.17) is 37.0 Å². The van der Waals surface area contributed by atoms with E-state index in [2.05, 4.69) is 55.4 Å². The number of unbranched alkanes of at least 4 members (excludes halogenated alkanes) is 34. The number of phosphoric acid groups is 2. The number of ether oxygens (including phenoxy) is 4. The molecule has 0 saturated carbocycles. The van der Waals surface area contributed by atoms with E-state index < -0.39 is 97.5 Å². The van der Waals surface area contributed by atoms with Crippen LogP contribution in [0.2, 0.25) is 0 Å². The number of phosphoric ester groups is 2. The summed E-state index contributed by atoms with van der Waals surface area (Å²) in [6.07, 6.45) is 43.3. The molecule has 0 aromatic rings. The Labute approximate surface area is 549 Å². The van der Waals surface area contributed by atoms with Gasteiger partial charge in [-0.1, -0.05) is 299 Å². The smallest absolute Gasteiger partial charge is 0.462 e. The van der Waals surface area contributed by atoms with E-state index in [0.29, 0.717) is 37.5 Å². The second-order valence-electron chi connectivity index (χ2n) is 27.5. The van der Waals surface area contributed by atoms with Gasteiger partial charge in [-0.3, -0.25) is 37.3 Å². The van der Waals surface area contributed by atoms with Gasteiger partial charge in [-0.05, 0) is 49.4 Å². The van der Waals surface area contributed by atoms with Crippen LogP contribution in [0, 0.1) is 23.7 Å². The van der Waals surface area contributed by atoms with Crippen LogP contribution in [0.15, 0.2) is 0 Å². The summed E-state index contributed by atoms with van der Waals surface area (Å²) in [6, 6.07) is 0. The van der Waals surface area contributed by atoms with Gasteiger partial charge in [0, 0.05) is 25.7 Å². The number of aliphatic hydroxyl groups excluding tert-OH is 1. The van der Waals surface area contributed by atoms with Crippen LogP contribution < -0.4 is 0 Å². The summed E-state index contributed by atoms with van der Waals surface area (Å²) in [7, 11) is -9.90. The Kier molecular flexibility index (Phi) is 59.4. The zero-order valence-electron chi connectivity index (χ0n) is 58.8. The molecule has 0 heterocycles. The highest BCUT2D eigenvalue weighted by Gasteiger charge is 2.30. The van der Waals surface area contributed by atoms with Crippen molar-refractivity contribution in [2.24, 2.45) is 23.7 Å². The molecule has 0 amide bonds. The van der Waals surface area contributed by atoms with Gasteiger partial charge in [0.2, 0.25) is 0 Å². The molecule has 19 heteroatoms. The molecule has 90 heavy (non-hydrogen) atoms. The standard InChI is InChI=1S/C71H138O17P2/c1-61(2)47-39-31-23-18-14-11-9-10-12-16-20-26-37-45-53-70(75)87-66(57-81-68(73)51-43-35-28-22-25-33-41-49-63(5)6)59-85-89(77,78)83-55-65(72)56-84-90(79,80)86-60-67(58-82-69(74)52-44-36-30-29-34-42-50-64(7)8)88-71(76)54-46-38-27-21-17-13-15-19-24-32-40-48-62(3)4/h61-67,72H,9-60H2,1-8H3,(H,77,78)(H,79,80)/t65?,66-,67-/m1/s1. The van der Waals surface area contributed by atoms with Crippen molar-refractivity contribution < 1.29 is 80.2 Å². The molecule has 3 unspecified atom stereocenters. The number of aliphatic hydroxyl groups is 1. The number of esters is 4. The highest BCUT2D eigenvalue weighted by Crippen LogP contribution is 2.45. The van der Waals surface area contributed by atoms with Crippen molar-refractivity contribution in [3.63, 3.8) is 0 Å². The van der Waals surface area contributed by atoms with Crippen molar-refractivity contribution in [3.8, 4) is 0 Å². The molecule has 0 aromatic carbocycles. The average Bonchev–Trinajstić information content (AvgIpc) is 3.45. The van der Waals surface area contributed by atoms with Gasteiger partial charge in [0.1, 0.15) is 19.3 Å². The van der Waals surface area contributed by atoms with Crippen LogP contribution in [0.3, 0.4) is 0 Å². The summed E-state index contributed by atoms with van der Waals surface area (Å²) in [4.78, 5) is 72.5. The van der Waals surface area contributed by atoms with Crippen molar-refractivity contribution in [1.82, 2.24) is 0 Å². The normalized spacial score (nSPS) is 14.3. The molecule has 0 aliphatic heterocycles. The molecular formula is C71H138O17P2. The fraction of sp³-hybridized carbons (Fsp3) is 0.944. The van der Waals surface area contributed by atoms with Crippen molar-refractivity contribution in [1.29, 1.82) is 0 Å². The van der Waals surface area contributed by atoms with E-state index in [1.807, 2.05) is 0 Å². The first-order valence-corrected chi connectivity index (χ1v) is 39.7. The first-order valence-electron chi connectivity index (χ1n) is 36.7. The summed E-state index contributed by atoms with van der Waals surface area (Å²) in [6.45, 7) is 14.0. The van der Waals surface area contributed by atoms with Gasteiger partial charge in [0.25, 0.3) is 0 Å². The third kappa shape index (κ3) is 64.8. The molecule has 0 saturated heterocycles. The van der Waals surface area contributed by atoms with Crippen LogP contribution in [0.4, 0.5) is 0 Å². The number of carbonyl (C=O) groups excluding carboxylic acids is 4. The molecule has 0 aromatic heterocycles. The van der Waals surface area contributed by atoms with Crippen LogP contribution in [0.5, 0.6) is 0 Å². The van der Waals surface area contributed by atoms with E-state index in [-0.39, 0.29) is 25.7 Å². The quantitative estimate of drug-likeness (QED) is 0.0222. The fourth-order valence-electron chi connectivity index (χ4n) is 10.7. The summed E-state index contributed by atoms with van der Waals surface area (Å²) in [5, 5.41) is 10.6. The Bertz CT molecular complexity index is 1780. The van der Waals surface area contributed by atoms with Gasteiger partial charge in [-0.25, -0.2) is 9.13 Å². The van der Waals surface area contributed by atoms with Crippen molar-refractivity contribution in [2.75, 3.05) is 39.6 Å². The molecule has 0 aliphatic rings. The Morgan fingerprint density at radius 3 is 0.689 bits per heavy atom. The topological polar surface area (TPSA) is 237 Å². The predicted molar refractivity (Wildman–Crippen MR) is 363 cm³/mol. The minimum absolute atomic E-state index is 0.105. The van der Waals surface area contributed by atoms with Gasteiger partial charge in [0.15, 0.2) is 12.2 Å². The average molecular weight is 1330 g/mol. The maximum atomic E-state index is 13.0. The summed E-state index contributed by atoms with van der Waals surface area (Å²) in [5.74, 6) is 0.814. The third-order valence-electron chi connectivity index (χ3n) is 16.3. The molecule has 3 N–H and O–H groups in total. The molecule has 534 valence electrons. The van der Waals surface area contributed by atoms with Crippen LogP contribution in [0.25, 0.3) is 0 Å². The molecule has 0 aliphatic carbocycles. The fourth-order valence-corrected chi connectivity index (χ4v) is 12.2. The van der Waals surface area contributed by atoms with Gasteiger partial charge in [0.05, 0.1) is 26.4 Å². The highest BCUT2D eigenvalue weighted by atomic mass is 31.2. The van der Waals surface area contributed by atoms with Gasteiger partial charge in [-0.15, -0.1) is 0 Å². The largest absolute Gasteiger partial charge is 0.472 e. The highest BCUT2D eigenvalue weighted by molar-refractivity contribution is 7.47. The Balaban J connectivity index is 5.22. The van der Waals surface area contributed by atoms with E-state index >= 15 is 0 Å². The van der Waals surface area contributed by atoms with E-state index in [1.165, 1.54) is 141 Å². The van der Waals surface area contributed by atoms with E-state index in [1.54, 1.807) is 0 Å². The van der Waals surface area contributed by atoms with Gasteiger partial charge < -0.3 is 33.8 Å². The Morgan fingerprint density at radius 2 is 0.467 bits per heavy atom. The number of hydrogen-bond donors (Lipinski definition) is 3. The molecule has 0 rings (SSSR count). The number of hydrogen-bond acceptors (Lipinski definition) is 15. The van der Waals surface area contributed by atoms with Gasteiger partial charge >= 0.3 is 39.5 Å². The molecule has 0 radical (unpaired) electrons. The van der Waals surface area contributed by atoms with Crippen molar-refractivity contribution in [2.45, 2.75) is 369 Å². The summed E-state index contributed by atoms with van der Waals surface area (Å²) < 4.78 is 68.3. The lowest BCUT2D eigenvalue weighted by molar-refractivity contribution is -0.161. The Morgan fingerprint density at radius 1 is 0.278 bits per heavy atom. The monoisotopic (exact) mass is 1320 g/mol. The van der Waals surface area contributed by atoms with E-state index in [9.17, 15) is 43.2 Å². The van der Waals surface area contributed by atoms with Crippen molar-refractivity contribution in [3.05, 3.63) is 0 Å². The maximum Gasteiger partial charge on any atom is 0.472 e. The molecule has 17 nitrogen and oxygen atoms in total. The molecule has 0 fully saturated rings.